The summed E-state index contributed by atoms with van der Waals surface area (Å²) < 4.78 is 6.03. The zero-order valence-corrected chi connectivity index (χ0v) is 11.8. The summed E-state index contributed by atoms with van der Waals surface area (Å²) in [6.45, 7) is 10.5. The highest BCUT2D eigenvalue weighted by atomic mass is 16.5. The minimum Gasteiger partial charge on any atom is -0.457 e. The van der Waals surface area contributed by atoms with E-state index in [9.17, 15) is 0 Å². The van der Waals surface area contributed by atoms with E-state index in [2.05, 4.69) is 65.0 Å². The van der Waals surface area contributed by atoms with Crippen LogP contribution < -0.4 is 4.74 Å². The van der Waals surface area contributed by atoms with Crippen molar-refractivity contribution in [3.8, 4) is 11.5 Å². The smallest absolute Gasteiger partial charge is 0.130 e. The summed E-state index contributed by atoms with van der Waals surface area (Å²) in [7, 11) is 0. The molecule has 0 aliphatic heterocycles. The quantitative estimate of drug-likeness (QED) is 0.716. The molecule has 94 valence electrons. The second kappa shape index (κ2) is 4.85. The van der Waals surface area contributed by atoms with E-state index >= 15 is 0 Å². The highest BCUT2D eigenvalue weighted by Gasteiger charge is 2.06. The lowest BCUT2D eigenvalue weighted by Gasteiger charge is -2.13. The summed E-state index contributed by atoms with van der Waals surface area (Å²) in [5.74, 6) is 1.87. The Morgan fingerprint density at radius 2 is 1.22 bits per heavy atom. The number of benzene rings is 2. The van der Waals surface area contributed by atoms with Gasteiger partial charge in [0.05, 0.1) is 0 Å². The fraction of sp³-hybridized carbons (Fsp3) is 0.294. The second-order valence-corrected chi connectivity index (χ2v) is 5.13. The van der Waals surface area contributed by atoms with E-state index in [4.69, 9.17) is 4.74 Å². The fourth-order valence-corrected chi connectivity index (χ4v) is 2.23. The normalized spacial score (nSPS) is 10.5. The van der Waals surface area contributed by atoms with Gasteiger partial charge in [0.15, 0.2) is 0 Å². The first-order valence-electron chi connectivity index (χ1n) is 6.29. The van der Waals surface area contributed by atoms with Crippen molar-refractivity contribution in [2.45, 2.75) is 34.6 Å². The maximum absolute atomic E-state index is 6.03. The van der Waals surface area contributed by atoms with Gasteiger partial charge in [0, 0.05) is 0 Å². The number of hydrogen-bond donors (Lipinski definition) is 0. The van der Waals surface area contributed by atoms with Crippen molar-refractivity contribution in [3.05, 3.63) is 58.1 Å². The standard InChI is InChI=1S/C17H20O/c1-11-6-12(2)9-16(8-11)18-17-10-13(3)7-14(4)15(17)5/h6-10H,1-5H3. The minimum absolute atomic E-state index is 0.917. The van der Waals surface area contributed by atoms with Crippen LogP contribution >= 0.6 is 0 Å². The Morgan fingerprint density at radius 1 is 0.667 bits per heavy atom. The van der Waals surface area contributed by atoms with Crippen LogP contribution in [0.1, 0.15) is 27.8 Å². The van der Waals surface area contributed by atoms with Crippen LogP contribution in [0.2, 0.25) is 0 Å². The molecule has 0 heterocycles. The molecular formula is C17H20O. The van der Waals surface area contributed by atoms with Crippen LogP contribution in [-0.4, -0.2) is 0 Å². The van der Waals surface area contributed by atoms with Crippen LogP contribution in [-0.2, 0) is 0 Å². The van der Waals surface area contributed by atoms with E-state index in [-0.39, 0.29) is 0 Å². The Morgan fingerprint density at radius 3 is 1.83 bits per heavy atom. The molecule has 18 heavy (non-hydrogen) atoms. The average molecular weight is 240 g/mol. The van der Waals surface area contributed by atoms with Crippen LogP contribution in [0.25, 0.3) is 0 Å². The zero-order chi connectivity index (χ0) is 13.3. The molecule has 0 unspecified atom stereocenters. The molecule has 0 aromatic heterocycles. The Labute approximate surface area is 109 Å². The summed E-state index contributed by atoms with van der Waals surface area (Å²) in [6.07, 6.45) is 0. The SMILES string of the molecule is Cc1cc(C)cc(Oc2cc(C)cc(C)c2C)c1. The molecule has 0 aliphatic rings. The van der Waals surface area contributed by atoms with E-state index in [1.807, 2.05) is 0 Å². The second-order valence-electron chi connectivity index (χ2n) is 5.13. The molecule has 0 aliphatic carbocycles. The summed E-state index contributed by atoms with van der Waals surface area (Å²) >= 11 is 0. The van der Waals surface area contributed by atoms with Crippen LogP contribution in [0.15, 0.2) is 30.3 Å². The molecule has 0 N–H and O–H groups in total. The lowest BCUT2D eigenvalue weighted by molar-refractivity contribution is 0.477. The molecule has 0 fully saturated rings. The van der Waals surface area contributed by atoms with Gasteiger partial charge in [0.25, 0.3) is 0 Å². The lowest BCUT2D eigenvalue weighted by atomic mass is 10.1. The van der Waals surface area contributed by atoms with Crippen LogP contribution in [0.5, 0.6) is 11.5 Å². The Bertz CT molecular complexity index is 562. The molecule has 0 spiro atoms. The van der Waals surface area contributed by atoms with Crippen LogP contribution in [0.3, 0.4) is 0 Å². The molecule has 0 atom stereocenters. The lowest BCUT2D eigenvalue weighted by Crippen LogP contribution is -1.92. The maximum Gasteiger partial charge on any atom is 0.130 e. The third kappa shape index (κ3) is 2.73. The minimum atomic E-state index is 0.917. The first kappa shape index (κ1) is 12.7. The third-order valence-electron chi connectivity index (χ3n) is 3.19. The largest absolute Gasteiger partial charge is 0.457 e. The molecule has 0 saturated heterocycles. The highest BCUT2D eigenvalue weighted by molar-refractivity contribution is 5.45. The van der Waals surface area contributed by atoms with Gasteiger partial charge in [0.1, 0.15) is 11.5 Å². The molecule has 2 rings (SSSR count). The topological polar surface area (TPSA) is 9.23 Å². The summed E-state index contributed by atoms with van der Waals surface area (Å²) in [4.78, 5) is 0. The van der Waals surface area contributed by atoms with Gasteiger partial charge in [-0.25, -0.2) is 0 Å². The van der Waals surface area contributed by atoms with Crippen molar-refractivity contribution in [2.24, 2.45) is 0 Å². The van der Waals surface area contributed by atoms with Gasteiger partial charge in [-0.1, -0.05) is 12.1 Å². The van der Waals surface area contributed by atoms with Gasteiger partial charge in [-0.05, 0) is 80.6 Å². The van der Waals surface area contributed by atoms with Gasteiger partial charge >= 0.3 is 0 Å². The van der Waals surface area contributed by atoms with Crippen molar-refractivity contribution in [1.82, 2.24) is 0 Å². The van der Waals surface area contributed by atoms with Crippen molar-refractivity contribution in [1.29, 1.82) is 0 Å². The van der Waals surface area contributed by atoms with Crippen molar-refractivity contribution >= 4 is 0 Å². The summed E-state index contributed by atoms with van der Waals surface area (Å²) in [5, 5.41) is 0. The molecule has 0 saturated carbocycles. The molecule has 2 aromatic rings. The van der Waals surface area contributed by atoms with Crippen LogP contribution in [0.4, 0.5) is 0 Å². The van der Waals surface area contributed by atoms with Gasteiger partial charge < -0.3 is 4.74 Å². The first-order valence-corrected chi connectivity index (χ1v) is 6.29. The predicted octanol–water partition coefficient (Wildman–Crippen LogP) is 5.02. The van der Waals surface area contributed by atoms with E-state index in [0.29, 0.717) is 0 Å². The number of aryl methyl sites for hydroxylation is 4. The van der Waals surface area contributed by atoms with Crippen molar-refractivity contribution in [3.63, 3.8) is 0 Å². The molecule has 0 radical (unpaired) electrons. The van der Waals surface area contributed by atoms with E-state index in [0.717, 1.165) is 11.5 Å². The molecule has 2 aromatic carbocycles. The Kier molecular flexibility index (Phi) is 3.42. The van der Waals surface area contributed by atoms with E-state index < -0.39 is 0 Å². The van der Waals surface area contributed by atoms with E-state index in [1.54, 1.807) is 0 Å². The maximum atomic E-state index is 6.03. The van der Waals surface area contributed by atoms with Crippen molar-refractivity contribution in [2.75, 3.05) is 0 Å². The molecule has 1 nitrogen and oxygen atoms in total. The van der Waals surface area contributed by atoms with Gasteiger partial charge in [0.2, 0.25) is 0 Å². The van der Waals surface area contributed by atoms with Gasteiger partial charge in [-0.2, -0.15) is 0 Å². The van der Waals surface area contributed by atoms with E-state index in [1.165, 1.54) is 27.8 Å². The molecule has 0 bridgehead atoms. The average Bonchev–Trinajstić information content (AvgIpc) is 2.23. The number of rotatable bonds is 2. The third-order valence-corrected chi connectivity index (χ3v) is 3.19. The highest BCUT2D eigenvalue weighted by Crippen LogP contribution is 2.29. The predicted molar refractivity (Wildman–Crippen MR) is 76.6 cm³/mol. The summed E-state index contributed by atoms with van der Waals surface area (Å²) in [6, 6.07) is 10.6. The van der Waals surface area contributed by atoms with Crippen LogP contribution in [0, 0.1) is 34.6 Å². The summed E-state index contributed by atoms with van der Waals surface area (Å²) in [5.41, 5.74) is 6.17. The Hall–Kier alpha value is -1.76. The first-order chi connectivity index (χ1) is 8.45. The fourth-order valence-electron chi connectivity index (χ4n) is 2.23. The van der Waals surface area contributed by atoms with Crippen molar-refractivity contribution < 1.29 is 4.74 Å². The number of hydrogen-bond acceptors (Lipinski definition) is 1. The number of ether oxygens (including phenoxy) is 1. The van der Waals surface area contributed by atoms with Gasteiger partial charge in [-0.3, -0.25) is 0 Å². The molecule has 1 heteroatoms. The zero-order valence-electron chi connectivity index (χ0n) is 11.8. The Balaban J connectivity index is 2.39. The molecular weight excluding hydrogens is 220 g/mol. The van der Waals surface area contributed by atoms with Gasteiger partial charge in [-0.15, -0.1) is 0 Å². The monoisotopic (exact) mass is 240 g/mol. The molecule has 0 amide bonds.